The standard InChI is InChI=1S/C10H10BrFO2/c1-2-8(13)6-14-10-5-7(11)3-4-9(10)12/h3-5H,2,6H2,1H3. The highest BCUT2D eigenvalue weighted by molar-refractivity contribution is 9.10. The van der Waals surface area contributed by atoms with Crippen LogP contribution in [0.15, 0.2) is 22.7 Å². The highest BCUT2D eigenvalue weighted by Gasteiger charge is 2.05. The molecule has 0 saturated carbocycles. The van der Waals surface area contributed by atoms with Gasteiger partial charge in [0.05, 0.1) is 0 Å². The van der Waals surface area contributed by atoms with E-state index in [0.717, 1.165) is 4.47 Å². The van der Waals surface area contributed by atoms with Gasteiger partial charge >= 0.3 is 0 Å². The molecule has 0 radical (unpaired) electrons. The molecule has 0 N–H and O–H groups in total. The lowest BCUT2D eigenvalue weighted by molar-refractivity contribution is -0.120. The normalized spacial score (nSPS) is 9.93. The molecule has 2 nitrogen and oxygen atoms in total. The molecule has 76 valence electrons. The summed E-state index contributed by atoms with van der Waals surface area (Å²) in [6.07, 6.45) is 0.398. The van der Waals surface area contributed by atoms with E-state index in [-0.39, 0.29) is 18.1 Å². The zero-order valence-electron chi connectivity index (χ0n) is 7.72. The Bertz CT molecular complexity index is 339. The molecule has 0 aliphatic heterocycles. The van der Waals surface area contributed by atoms with E-state index in [4.69, 9.17) is 4.74 Å². The molecule has 0 fully saturated rings. The monoisotopic (exact) mass is 260 g/mol. The fourth-order valence-electron chi connectivity index (χ4n) is 0.848. The van der Waals surface area contributed by atoms with Crippen LogP contribution in [-0.4, -0.2) is 12.4 Å². The van der Waals surface area contributed by atoms with Crippen LogP contribution in [-0.2, 0) is 4.79 Å². The van der Waals surface area contributed by atoms with Crippen LogP contribution in [0, 0.1) is 5.82 Å². The Morgan fingerprint density at radius 2 is 2.29 bits per heavy atom. The number of carbonyl (C=O) groups is 1. The SMILES string of the molecule is CCC(=O)COc1cc(Br)ccc1F. The number of halogens is 2. The van der Waals surface area contributed by atoms with Gasteiger partial charge in [-0.1, -0.05) is 22.9 Å². The van der Waals surface area contributed by atoms with Gasteiger partial charge < -0.3 is 4.74 Å². The third-order valence-electron chi connectivity index (χ3n) is 1.68. The Morgan fingerprint density at radius 3 is 2.93 bits per heavy atom. The predicted molar refractivity (Wildman–Crippen MR) is 54.9 cm³/mol. The van der Waals surface area contributed by atoms with Gasteiger partial charge in [0.15, 0.2) is 17.3 Å². The van der Waals surface area contributed by atoms with Crippen molar-refractivity contribution >= 4 is 21.7 Å². The van der Waals surface area contributed by atoms with Crippen molar-refractivity contribution in [3.8, 4) is 5.75 Å². The summed E-state index contributed by atoms with van der Waals surface area (Å²) >= 11 is 3.19. The molecule has 1 aromatic carbocycles. The van der Waals surface area contributed by atoms with Crippen molar-refractivity contribution < 1.29 is 13.9 Å². The number of hydrogen-bond acceptors (Lipinski definition) is 2. The molecule has 0 bridgehead atoms. The summed E-state index contributed by atoms with van der Waals surface area (Å²) in [5, 5.41) is 0. The van der Waals surface area contributed by atoms with Crippen LogP contribution < -0.4 is 4.74 Å². The molecule has 1 aromatic rings. The maximum atomic E-state index is 13.1. The number of ketones is 1. The lowest BCUT2D eigenvalue weighted by Gasteiger charge is -2.05. The molecule has 0 spiro atoms. The Hall–Kier alpha value is -0.900. The molecule has 0 aliphatic carbocycles. The van der Waals surface area contributed by atoms with E-state index in [2.05, 4.69) is 15.9 Å². The fourth-order valence-corrected chi connectivity index (χ4v) is 1.19. The van der Waals surface area contributed by atoms with E-state index in [9.17, 15) is 9.18 Å². The minimum absolute atomic E-state index is 0.0515. The minimum Gasteiger partial charge on any atom is -0.483 e. The quantitative estimate of drug-likeness (QED) is 0.832. The van der Waals surface area contributed by atoms with Crippen molar-refractivity contribution in [2.75, 3.05) is 6.61 Å². The number of rotatable bonds is 4. The first kappa shape index (κ1) is 11.2. The van der Waals surface area contributed by atoms with Crippen LogP contribution in [0.25, 0.3) is 0 Å². The highest BCUT2D eigenvalue weighted by Crippen LogP contribution is 2.22. The van der Waals surface area contributed by atoms with Crippen molar-refractivity contribution in [2.45, 2.75) is 13.3 Å². The van der Waals surface area contributed by atoms with Crippen LogP contribution in [0.1, 0.15) is 13.3 Å². The van der Waals surface area contributed by atoms with Crippen LogP contribution in [0.4, 0.5) is 4.39 Å². The predicted octanol–water partition coefficient (Wildman–Crippen LogP) is 2.95. The van der Waals surface area contributed by atoms with Crippen molar-refractivity contribution in [1.29, 1.82) is 0 Å². The fraction of sp³-hybridized carbons (Fsp3) is 0.300. The van der Waals surface area contributed by atoms with Crippen LogP contribution in [0.3, 0.4) is 0 Å². The molecular weight excluding hydrogens is 251 g/mol. The van der Waals surface area contributed by atoms with Crippen LogP contribution in [0.5, 0.6) is 5.75 Å². The van der Waals surface area contributed by atoms with Crippen molar-refractivity contribution in [3.05, 3.63) is 28.5 Å². The van der Waals surface area contributed by atoms with Gasteiger partial charge in [-0.15, -0.1) is 0 Å². The average Bonchev–Trinajstić information content (AvgIpc) is 2.19. The number of hydrogen-bond donors (Lipinski definition) is 0. The van der Waals surface area contributed by atoms with Gasteiger partial charge in [0.25, 0.3) is 0 Å². The first-order valence-corrected chi connectivity index (χ1v) is 5.02. The summed E-state index contributed by atoms with van der Waals surface area (Å²) in [6, 6.07) is 4.36. The largest absolute Gasteiger partial charge is 0.483 e. The number of ether oxygens (including phenoxy) is 1. The average molecular weight is 261 g/mol. The second-order valence-electron chi connectivity index (χ2n) is 2.76. The zero-order chi connectivity index (χ0) is 10.6. The number of carbonyl (C=O) groups excluding carboxylic acids is 1. The van der Waals surface area contributed by atoms with Crippen LogP contribution in [0.2, 0.25) is 0 Å². The highest BCUT2D eigenvalue weighted by atomic mass is 79.9. The van der Waals surface area contributed by atoms with Crippen molar-refractivity contribution in [1.82, 2.24) is 0 Å². The first-order valence-electron chi connectivity index (χ1n) is 4.23. The van der Waals surface area contributed by atoms with E-state index >= 15 is 0 Å². The second-order valence-corrected chi connectivity index (χ2v) is 3.67. The Labute approximate surface area is 90.2 Å². The van der Waals surface area contributed by atoms with E-state index in [1.807, 2.05) is 0 Å². The van der Waals surface area contributed by atoms with Gasteiger partial charge in [0.1, 0.15) is 6.61 Å². The van der Waals surface area contributed by atoms with Gasteiger partial charge in [-0.05, 0) is 18.2 Å². The number of benzene rings is 1. The first-order chi connectivity index (χ1) is 6.63. The topological polar surface area (TPSA) is 26.3 Å². The van der Waals surface area contributed by atoms with Gasteiger partial charge in [0.2, 0.25) is 0 Å². The maximum Gasteiger partial charge on any atom is 0.169 e. The minimum atomic E-state index is -0.461. The molecule has 14 heavy (non-hydrogen) atoms. The molecular formula is C10H10BrFO2. The summed E-state index contributed by atoms with van der Waals surface area (Å²) in [5.74, 6) is -0.414. The maximum absolute atomic E-state index is 13.1. The van der Waals surface area contributed by atoms with E-state index in [1.54, 1.807) is 13.0 Å². The third-order valence-corrected chi connectivity index (χ3v) is 2.17. The van der Waals surface area contributed by atoms with Gasteiger partial charge in [-0.25, -0.2) is 4.39 Å². The molecule has 0 amide bonds. The summed E-state index contributed by atoms with van der Waals surface area (Å²) in [4.78, 5) is 10.9. The molecule has 4 heteroatoms. The summed E-state index contributed by atoms with van der Waals surface area (Å²) in [7, 11) is 0. The third kappa shape index (κ3) is 3.10. The molecule has 0 unspecified atom stereocenters. The van der Waals surface area contributed by atoms with Crippen molar-refractivity contribution in [3.63, 3.8) is 0 Å². The summed E-state index contributed by atoms with van der Waals surface area (Å²) < 4.78 is 18.8. The van der Waals surface area contributed by atoms with Gasteiger partial charge in [-0.2, -0.15) is 0 Å². The van der Waals surface area contributed by atoms with E-state index in [1.165, 1.54) is 12.1 Å². The Kier molecular flexibility index (Phi) is 4.07. The van der Waals surface area contributed by atoms with E-state index < -0.39 is 5.82 Å². The molecule has 1 rings (SSSR count). The Balaban J connectivity index is 2.66. The zero-order valence-corrected chi connectivity index (χ0v) is 9.30. The van der Waals surface area contributed by atoms with Gasteiger partial charge in [0, 0.05) is 10.9 Å². The molecule has 0 atom stereocenters. The Morgan fingerprint density at radius 1 is 1.57 bits per heavy atom. The van der Waals surface area contributed by atoms with Gasteiger partial charge in [-0.3, -0.25) is 4.79 Å². The molecule has 0 saturated heterocycles. The lowest BCUT2D eigenvalue weighted by Crippen LogP contribution is -2.10. The van der Waals surface area contributed by atoms with Crippen molar-refractivity contribution in [2.24, 2.45) is 0 Å². The molecule has 0 heterocycles. The number of Topliss-reactive ketones (excluding diaryl/α,β-unsaturated/α-hetero) is 1. The van der Waals surface area contributed by atoms with Crippen LogP contribution >= 0.6 is 15.9 Å². The second kappa shape index (κ2) is 5.10. The summed E-state index contributed by atoms with van der Waals surface area (Å²) in [5.41, 5.74) is 0. The van der Waals surface area contributed by atoms with E-state index in [0.29, 0.717) is 6.42 Å². The molecule has 0 aromatic heterocycles. The smallest absolute Gasteiger partial charge is 0.169 e. The molecule has 0 aliphatic rings. The summed E-state index contributed by atoms with van der Waals surface area (Å²) in [6.45, 7) is 1.66. The lowest BCUT2D eigenvalue weighted by atomic mass is 10.3.